The Morgan fingerprint density at radius 1 is 1.33 bits per heavy atom. The number of carbonyl (C=O) groups is 2. The number of carbonyl (C=O) groups excluding carboxylic acids is 1. The standard InChI is InChI=1S/C14H12Br2N2O3/c1-2-18-5-3-4-11(18)13(19)17-12-9(14(20)21)6-8(15)7-10(12)16/h3-7H,2H2,1H3,(H,17,19)(H,20,21). The molecule has 0 aliphatic heterocycles. The molecule has 0 atom stereocenters. The molecule has 0 spiro atoms. The molecule has 21 heavy (non-hydrogen) atoms. The summed E-state index contributed by atoms with van der Waals surface area (Å²) in [5, 5.41) is 11.9. The fourth-order valence-corrected chi connectivity index (χ4v) is 3.27. The normalized spacial score (nSPS) is 10.4. The number of rotatable bonds is 4. The first-order chi connectivity index (χ1) is 9.93. The van der Waals surface area contributed by atoms with Crippen molar-refractivity contribution < 1.29 is 14.7 Å². The highest BCUT2D eigenvalue weighted by Gasteiger charge is 2.18. The van der Waals surface area contributed by atoms with Gasteiger partial charge in [-0.25, -0.2) is 4.79 Å². The van der Waals surface area contributed by atoms with Crippen LogP contribution >= 0.6 is 31.9 Å². The van der Waals surface area contributed by atoms with E-state index in [4.69, 9.17) is 0 Å². The summed E-state index contributed by atoms with van der Waals surface area (Å²) in [5.74, 6) is -1.47. The van der Waals surface area contributed by atoms with Gasteiger partial charge < -0.3 is 15.0 Å². The molecule has 1 aromatic carbocycles. The minimum atomic E-state index is -1.11. The number of carboxylic acids is 1. The van der Waals surface area contributed by atoms with Gasteiger partial charge in [0.25, 0.3) is 5.91 Å². The van der Waals surface area contributed by atoms with Crippen molar-refractivity contribution in [2.75, 3.05) is 5.32 Å². The van der Waals surface area contributed by atoms with Gasteiger partial charge in [0.2, 0.25) is 0 Å². The van der Waals surface area contributed by atoms with Crippen LogP contribution in [0.3, 0.4) is 0 Å². The summed E-state index contributed by atoms with van der Waals surface area (Å²) in [6.45, 7) is 2.58. The summed E-state index contributed by atoms with van der Waals surface area (Å²) in [7, 11) is 0. The van der Waals surface area contributed by atoms with Gasteiger partial charge in [-0.05, 0) is 47.1 Å². The maximum Gasteiger partial charge on any atom is 0.337 e. The molecule has 5 nitrogen and oxygen atoms in total. The molecule has 2 N–H and O–H groups in total. The van der Waals surface area contributed by atoms with Crippen LogP contribution in [0.15, 0.2) is 39.4 Å². The van der Waals surface area contributed by atoms with Crippen LogP contribution in [-0.4, -0.2) is 21.6 Å². The Hall–Kier alpha value is -1.60. The zero-order valence-corrected chi connectivity index (χ0v) is 14.2. The summed E-state index contributed by atoms with van der Waals surface area (Å²) < 4.78 is 2.89. The number of nitrogens with one attached hydrogen (secondary N) is 1. The SMILES string of the molecule is CCn1cccc1C(=O)Nc1c(Br)cc(Br)cc1C(=O)O. The van der Waals surface area contributed by atoms with Crippen molar-refractivity contribution in [3.05, 3.63) is 50.7 Å². The fourth-order valence-electron chi connectivity index (χ4n) is 1.94. The number of carboxylic acid groups (broad SMARTS) is 1. The molecule has 110 valence electrons. The lowest BCUT2D eigenvalue weighted by molar-refractivity contribution is 0.0698. The second-order valence-electron chi connectivity index (χ2n) is 4.25. The van der Waals surface area contributed by atoms with Gasteiger partial charge in [0.05, 0.1) is 11.3 Å². The number of benzene rings is 1. The van der Waals surface area contributed by atoms with E-state index in [1.807, 2.05) is 6.92 Å². The molecule has 0 aliphatic rings. The van der Waals surface area contributed by atoms with E-state index in [1.54, 1.807) is 29.0 Å². The highest BCUT2D eigenvalue weighted by Crippen LogP contribution is 2.31. The number of aromatic carboxylic acids is 1. The number of halogens is 2. The number of amides is 1. The van der Waals surface area contributed by atoms with Crippen molar-refractivity contribution in [2.24, 2.45) is 0 Å². The van der Waals surface area contributed by atoms with Crippen LogP contribution in [-0.2, 0) is 6.54 Å². The van der Waals surface area contributed by atoms with Gasteiger partial charge in [0.1, 0.15) is 5.69 Å². The number of aromatic nitrogens is 1. The first-order valence-electron chi connectivity index (χ1n) is 6.13. The van der Waals surface area contributed by atoms with Crippen molar-refractivity contribution in [1.29, 1.82) is 0 Å². The Bertz CT molecular complexity index is 710. The molecule has 2 aromatic rings. The second kappa shape index (κ2) is 6.44. The molecule has 1 amide bonds. The van der Waals surface area contributed by atoms with Crippen LogP contribution in [0.5, 0.6) is 0 Å². The summed E-state index contributed by atoms with van der Waals surface area (Å²) in [6, 6.07) is 6.58. The van der Waals surface area contributed by atoms with Crippen LogP contribution in [0.4, 0.5) is 5.69 Å². The first kappa shape index (κ1) is 15.8. The molecule has 2 rings (SSSR count). The molecule has 7 heteroatoms. The lowest BCUT2D eigenvalue weighted by Gasteiger charge is -2.12. The summed E-state index contributed by atoms with van der Waals surface area (Å²) in [5.41, 5.74) is 0.724. The molecule has 1 heterocycles. The first-order valence-corrected chi connectivity index (χ1v) is 7.71. The van der Waals surface area contributed by atoms with Crippen LogP contribution in [0.2, 0.25) is 0 Å². The monoisotopic (exact) mass is 414 g/mol. The Labute approximate surface area is 138 Å². The molecule has 0 saturated carbocycles. The maximum absolute atomic E-state index is 12.3. The van der Waals surface area contributed by atoms with E-state index in [0.717, 1.165) is 0 Å². The van der Waals surface area contributed by atoms with E-state index in [9.17, 15) is 14.7 Å². The molecule has 0 fully saturated rings. The van der Waals surface area contributed by atoms with Crippen LogP contribution < -0.4 is 5.32 Å². The van der Waals surface area contributed by atoms with Crippen LogP contribution in [0, 0.1) is 0 Å². The van der Waals surface area contributed by atoms with Gasteiger partial charge in [0.15, 0.2) is 0 Å². The van der Waals surface area contributed by atoms with E-state index >= 15 is 0 Å². The van der Waals surface area contributed by atoms with Gasteiger partial charge in [-0.2, -0.15) is 0 Å². The molecule has 0 unspecified atom stereocenters. The zero-order chi connectivity index (χ0) is 15.6. The molecular formula is C14H12Br2N2O3. The summed E-state index contributed by atoms with van der Waals surface area (Å²) >= 11 is 6.51. The molecule has 0 aliphatic carbocycles. The van der Waals surface area contributed by atoms with E-state index in [1.165, 1.54) is 6.07 Å². The Kier molecular flexibility index (Phi) is 4.84. The second-order valence-corrected chi connectivity index (χ2v) is 6.02. The molecule has 0 bridgehead atoms. The summed E-state index contributed by atoms with van der Waals surface area (Å²) in [4.78, 5) is 23.6. The van der Waals surface area contributed by atoms with E-state index < -0.39 is 5.97 Å². The average molecular weight is 416 g/mol. The maximum atomic E-state index is 12.3. The minimum absolute atomic E-state index is 0.0132. The van der Waals surface area contributed by atoms with E-state index in [-0.39, 0.29) is 17.2 Å². The summed E-state index contributed by atoms with van der Waals surface area (Å²) in [6.07, 6.45) is 1.80. The topological polar surface area (TPSA) is 71.3 Å². The third kappa shape index (κ3) is 3.36. The van der Waals surface area contributed by atoms with Gasteiger partial charge in [-0.1, -0.05) is 15.9 Å². The van der Waals surface area contributed by atoms with Gasteiger partial charge >= 0.3 is 5.97 Å². The van der Waals surface area contributed by atoms with Gasteiger partial charge in [-0.3, -0.25) is 4.79 Å². The Morgan fingerprint density at radius 3 is 2.67 bits per heavy atom. The van der Waals surface area contributed by atoms with Crippen LogP contribution in [0.1, 0.15) is 27.8 Å². The lowest BCUT2D eigenvalue weighted by atomic mass is 10.1. The van der Waals surface area contributed by atoms with E-state index in [0.29, 0.717) is 21.2 Å². The lowest BCUT2D eigenvalue weighted by Crippen LogP contribution is -2.18. The van der Waals surface area contributed by atoms with Crippen molar-refractivity contribution >= 4 is 49.4 Å². The average Bonchev–Trinajstić information content (AvgIpc) is 2.89. The number of nitrogens with zero attached hydrogens (tertiary/aromatic N) is 1. The van der Waals surface area contributed by atoms with Crippen LogP contribution in [0.25, 0.3) is 0 Å². The predicted octanol–water partition coefficient (Wildman–Crippen LogP) is 3.98. The van der Waals surface area contributed by atoms with Crippen molar-refractivity contribution in [2.45, 2.75) is 13.5 Å². The third-order valence-corrected chi connectivity index (χ3v) is 4.01. The quantitative estimate of drug-likeness (QED) is 0.793. The third-order valence-electron chi connectivity index (χ3n) is 2.93. The number of hydrogen-bond donors (Lipinski definition) is 2. The molecule has 0 radical (unpaired) electrons. The Balaban J connectivity index is 2.40. The van der Waals surface area contributed by atoms with Crippen molar-refractivity contribution in [1.82, 2.24) is 4.57 Å². The van der Waals surface area contributed by atoms with E-state index in [2.05, 4.69) is 37.2 Å². The van der Waals surface area contributed by atoms with Crippen molar-refractivity contribution in [3.8, 4) is 0 Å². The molecule has 1 aromatic heterocycles. The highest BCUT2D eigenvalue weighted by atomic mass is 79.9. The smallest absolute Gasteiger partial charge is 0.337 e. The number of hydrogen-bond acceptors (Lipinski definition) is 2. The minimum Gasteiger partial charge on any atom is -0.478 e. The predicted molar refractivity (Wildman–Crippen MR) is 86.9 cm³/mol. The zero-order valence-electron chi connectivity index (χ0n) is 11.1. The fraction of sp³-hybridized carbons (Fsp3) is 0.143. The number of anilines is 1. The van der Waals surface area contributed by atoms with Gasteiger partial charge in [-0.15, -0.1) is 0 Å². The molecule has 0 saturated heterocycles. The molecular weight excluding hydrogens is 404 g/mol. The van der Waals surface area contributed by atoms with Crippen molar-refractivity contribution in [3.63, 3.8) is 0 Å². The largest absolute Gasteiger partial charge is 0.478 e. The Morgan fingerprint density at radius 2 is 2.05 bits per heavy atom. The van der Waals surface area contributed by atoms with Gasteiger partial charge in [0, 0.05) is 21.7 Å². The highest BCUT2D eigenvalue weighted by molar-refractivity contribution is 9.11. The number of aryl methyl sites for hydroxylation is 1.